The Bertz CT molecular complexity index is 268. The summed E-state index contributed by atoms with van der Waals surface area (Å²) in [7, 11) is 0. The van der Waals surface area contributed by atoms with Crippen molar-refractivity contribution in [1.29, 1.82) is 0 Å². The average molecular weight is 284 g/mol. The first-order valence-corrected chi connectivity index (χ1v) is 8.27. The first-order chi connectivity index (χ1) is 9.84. The standard InChI is InChI=1S/C16H28O4/c17-15(20-14-8-4-3-5-9-14)10-6-1-2-7-11-16-18-12-13-19-16/h14,16H,1-13H2. The maximum atomic E-state index is 11.7. The molecular weight excluding hydrogens is 256 g/mol. The van der Waals surface area contributed by atoms with Crippen LogP contribution >= 0.6 is 0 Å². The maximum Gasteiger partial charge on any atom is 0.306 e. The zero-order valence-corrected chi connectivity index (χ0v) is 12.5. The van der Waals surface area contributed by atoms with Crippen LogP contribution in [0.5, 0.6) is 0 Å². The molecule has 4 nitrogen and oxygen atoms in total. The fourth-order valence-electron chi connectivity index (χ4n) is 2.94. The Labute approximate surface area is 122 Å². The van der Waals surface area contributed by atoms with Crippen molar-refractivity contribution in [3.8, 4) is 0 Å². The number of rotatable bonds is 8. The molecule has 0 aromatic rings. The Hall–Kier alpha value is -0.610. The lowest BCUT2D eigenvalue weighted by molar-refractivity contribution is -0.150. The molecular formula is C16H28O4. The maximum absolute atomic E-state index is 11.7. The van der Waals surface area contributed by atoms with Crippen molar-refractivity contribution in [2.75, 3.05) is 13.2 Å². The minimum atomic E-state index is -0.000593. The molecule has 2 aliphatic rings. The van der Waals surface area contributed by atoms with Crippen LogP contribution in [0.25, 0.3) is 0 Å². The van der Waals surface area contributed by atoms with Gasteiger partial charge in [-0.25, -0.2) is 0 Å². The Balaban J connectivity index is 1.40. The van der Waals surface area contributed by atoms with Gasteiger partial charge in [-0.1, -0.05) is 19.3 Å². The smallest absolute Gasteiger partial charge is 0.306 e. The molecule has 0 bridgehead atoms. The van der Waals surface area contributed by atoms with E-state index in [9.17, 15) is 4.79 Å². The monoisotopic (exact) mass is 284 g/mol. The fraction of sp³-hybridized carbons (Fsp3) is 0.938. The summed E-state index contributed by atoms with van der Waals surface area (Å²) in [5.74, 6) is -0.000593. The lowest BCUT2D eigenvalue weighted by atomic mass is 9.98. The van der Waals surface area contributed by atoms with Crippen LogP contribution in [0.2, 0.25) is 0 Å². The van der Waals surface area contributed by atoms with Gasteiger partial charge < -0.3 is 14.2 Å². The normalized spacial score (nSPS) is 21.2. The summed E-state index contributed by atoms with van der Waals surface area (Å²) in [5.41, 5.74) is 0. The highest BCUT2D eigenvalue weighted by atomic mass is 16.7. The number of carbonyl (C=O) groups excluding carboxylic acids is 1. The van der Waals surface area contributed by atoms with Crippen molar-refractivity contribution in [3.63, 3.8) is 0 Å². The average Bonchev–Trinajstić information content (AvgIpc) is 2.97. The first kappa shape index (κ1) is 15.8. The van der Waals surface area contributed by atoms with Gasteiger partial charge in [0.15, 0.2) is 6.29 Å². The summed E-state index contributed by atoms with van der Waals surface area (Å²) in [5, 5.41) is 0. The van der Waals surface area contributed by atoms with Crippen LogP contribution in [0, 0.1) is 0 Å². The molecule has 2 fully saturated rings. The van der Waals surface area contributed by atoms with E-state index in [1.54, 1.807) is 0 Å². The van der Waals surface area contributed by atoms with E-state index in [0.717, 1.165) is 58.2 Å². The second kappa shape index (κ2) is 9.35. The molecule has 116 valence electrons. The molecule has 0 radical (unpaired) electrons. The van der Waals surface area contributed by atoms with E-state index >= 15 is 0 Å². The number of carbonyl (C=O) groups is 1. The van der Waals surface area contributed by atoms with Gasteiger partial charge in [-0.2, -0.15) is 0 Å². The predicted octanol–water partition coefficient (Wildman–Crippen LogP) is 3.58. The number of unbranched alkanes of at least 4 members (excludes halogenated alkanes) is 3. The highest BCUT2D eigenvalue weighted by Gasteiger charge is 2.17. The van der Waals surface area contributed by atoms with E-state index in [-0.39, 0.29) is 18.4 Å². The quantitative estimate of drug-likeness (QED) is 0.505. The fourth-order valence-corrected chi connectivity index (χ4v) is 2.94. The molecule has 1 saturated carbocycles. The second-order valence-corrected chi connectivity index (χ2v) is 5.87. The molecule has 4 heteroatoms. The zero-order chi connectivity index (χ0) is 14.0. The molecule has 0 N–H and O–H groups in total. The molecule has 0 aromatic carbocycles. The van der Waals surface area contributed by atoms with Gasteiger partial charge in [0.1, 0.15) is 6.10 Å². The number of hydrogen-bond donors (Lipinski definition) is 0. The van der Waals surface area contributed by atoms with Crippen molar-refractivity contribution in [1.82, 2.24) is 0 Å². The molecule has 1 saturated heterocycles. The van der Waals surface area contributed by atoms with Crippen LogP contribution in [0.1, 0.15) is 70.6 Å². The van der Waals surface area contributed by atoms with Crippen LogP contribution in [0.4, 0.5) is 0 Å². The SMILES string of the molecule is O=C(CCCCCCC1OCCO1)OC1CCCCC1. The lowest BCUT2D eigenvalue weighted by Crippen LogP contribution is -2.20. The summed E-state index contributed by atoms with van der Waals surface area (Å²) in [6, 6.07) is 0. The minimum Gasteiger partial charge on any atom is -0.462 e. The predicted molar refractivity (Wildman–Crippen MR) is 76.4 cm³/mol. The van der Waals surface area contributed by atoms with E-state index < -0.39 is 0 Å². The Kier molecular flexibility index (Phi) is 7.37. The Morgan fingerprint density at radius 1 is 0.950 bits per heavy atom. The van der Waals surface area contributed by atoms with Gasteiger partial charge >= 0.3 is 5.97 Å². The minimum absolute atomic E-state index is 0.000593. The summed E-state index contributed by atoms with van der Waals surface area (Å²) < 4.78 is 16.3. The number of ether oxygens (including phenoxy) is 3. The van der Waals surface area contributed by atoms with Gasteiger partial charge in [-0.3, -0.25) is 4.79 Å². The van der Waals surface area contributed by atoms with Gasteiger partial charge in [0.05, 0.1) is 13.2 Å². The summed E-state index contributed by atoms with van der Waals surface area (Å²) in [6.07, 6.45) is 11.9. The van der Waals surface area contributed by atoms with E-state index in [1.165, 1.54) is 19.3 Å². The molecule has 2 rings (SSSR count). The number of esters is 1. The van der Waals surface area contributed by atoms with Gasteiger partial charge in [0, 0.05) is 6.42 Å². The molecule has 0 spiro atoms. The topological polar surface area (TPSA) is 44.8 Å². The van der Waals surface area contributed by atoms with E-state index in [4.69, 9.17) is 14.2 Å². The highest BCUT2D eigenvalue weighted by Crippen LogP contribution is 2.21. The largest absolute Gasteiger partial charge is 0.462 e. The summed E-state index contributed by atoms with van der Waals surface area (Å²) in [4.78, 5) is 11.7. The highest BCUT2D eigenvalue weighted by molar-refractivity contribution is 5.69. The lowest BCUT2D eigenvalue weighted by Gasteiger charge is -2.21. The number of hydrogen-bond acceptors (Lipinski definition) is 4. The molecule has 1 aliphatic heterocycles. The summed E-state index contributed by atoms with van der Waals surface area (Å²) >= 11 is 0. The van der Waals surface area contributed by atoms with Crippen LogP contribution in [-0.4, -0.2) is 31.6 Å². The molecule has 0 atom stereocenters. The van der Waals surface area contributed by atoms with Crippen molar-refractivity contribution >= 4 is 5.97 Å². The van der Waals surface area contributed by atoms with Crippen LogP contribution in [0.3, 0.4) is 0 Å². The third-order valence-corrected chi connectivity index (χ3v) is 4.11. The van der Waals surface area contributed by atoms with E-state index in [2.05, 4.69) is 0 Å². The molecule has 0 amide bonds. The third kappa shape index (κ3) is 6.23. The first-order valence-electron chi connectivity index (χ1n) is 8.27. The van der Waals surface area contributed by atoms with E-state index in [0.29, 0.717) is 6.42 Å². The second-order valence-electron chi connectivity index (χ2n) is 5.87. The molecule has 0 aromatic heterocycles. The molecule has 1 aliphatic carbocycles. The third-order valence-electron chi connectivity index (χ3n) is 4.11. The van der Waals surface area contributed by atoms with Crippen molar-refractivity contribution in [2.45, 2.75) is 83.0 Å². The van der Waals surface area contributed by atoms with Gasteiger partial charge in [-0.15, -0.1) is 0 Å². The van der Waals surface area contributed by atoms with Crippen molar-refractivity contribution < 1.29 is 19.0 Å². The zero-order valence-electron chi connectivity index (χ0n) is 12.5. The summed E-state index contributed by atoms with van der Waals surface area (Å²) in [6.45, 7) is 1.47. The van der Waals surface area contributed by atoms with Crippen molar-refractivity contribution in [2.24, 2.45) is 0 Å². The van der Waals surface area contributed by atoms with Gasteiger partial charge in [0.25, 0.3) is 0 Å². The van der Waals surface area contributed by atoms with Gasteiger partial charge in [-0.05, 0) is 44.9 Å². The van der Waals surface area contributed by atoms with Crippen LogP contribution in [0.15, 0.2) is 0 Å². The van der Waals surface area contributed by atoms with E-state index in [1.807, 2.05) is 0 Å². The molecule has 20 heavy (non-hydrogen) atoms. The molecule has 0 unspecified atom stereocenters. The Morgan fingerprint density at radius 2 is 1.65 bits per heavy atom. The molecule has 1 heterocycles. The van der Waals surface area contributed by atoms with Crippen LogP contribution < -0.4 is 0 Å². The van der Waals surface area contributed by atoms with Crippen molar-refractivity contribution in [3.05, 3.63) is 0 Å². The van der Waals surface area contributed by atoms with Crippen LogP contribution in [-0.2, 0) is 19.0 Å². The Morgan fingerprint density at radius 3 is 2.40 bits per heavy atom. The van der Waals surface area contributed by atoms with Gasteiger partial charge in [0.2, 0.25) is 0 Å².